The van der Waals surface area contributed by atoms with Crippen LogP contribution in [0.1, 0.15) is 15.9 Å². The molecule has 0 atom stereocenters. The van der Waals surface area contributed by atoms with Crippen LogP contribution in [0.25, 0.3) is 0 Å². The third-order valence-electron chi connectivity index (χ3n) is 4.35. The third kappa shape index (κ3) is 6.33. The molecule has 0 heterocycles. The molecule has 33 heavy (non-hydrogen) atoms. The summed E-state index contributed by atoms with van der Waals surface area (Å²) in [6, 6.07) is 14.0. The summed E-state index contributed by atoms with van der Waals surface area (Å²) in [5.74, 6) is -6.05. The highest BCUT2D eigenvalue weighted by Gasteiger charge is 2.16. The van der Waals surface area contributed by atoms with Crippen LogP contribution in [0.15, 0.2) is 60.7 Å². The van der Waals surface area contributed by atoms with Crippen molar-refractivity contribution in [1.82, 2.24) is 5.32 Å². The SMILES string of the molecule is O=C(COc1ccc(C(=O)c2ccc(Cl)cc2)cc1)NCC(=O)Nc1ccc(F)c(F)c1F. The molecule has 0 fully saturated rings. The van der Waals surface area contributed by atoms with Crippen LogP contribution in [-0.2, 0) is 9.59 Å². The second-order valence-corrected chi connectivity index (χ2v) is 7.13. The predicted molar refractivity (Wildman–Crippen MR) is 115 cm³/mol. The van der Waals surface area contributed by atoms with Gasteiger partial charge in [0.2, 0.25) is 5.91 Å². The van der Waals surface area contributed by atoms with E-state index in [1.165, 1.54) is 24.3 Å². The van der Waals surface area contributed by atoms with E-state index in [9.17, 15) is 27.6 Å². The number of rotatable bonds is 8. The van der Waals surface area contributed by atoms with Crippen LogP contribution in [0.4, 0.5) is 18.9 Å². The van der Waals surface area contributed by atoms with Crippen LogP contribution in [0, 0.1) is 17.5 Å². The maximum absolute atomic E-state index is 13.6. The number of halogens is 4. The standard InChI is InChI=1S/C23H16ClF3N2O4/c24-15-5-1-13(2-6-15)23(32)14-3-7-16(8-4-14)33-12-20(31)28-11-19(30)29-18-10-9-17(25)21(26)22(18)27/h1-10H,11-12H2,(H,28,31)(H,29,30). The van der Waals surface area contributed by atoms with Crippen molar-refractivity contribution in [3.63, 3.8) is 0 Å². The van der Waals surface area contributed by atoms with Gasteiger partial charge in [-0.05, 0) is 60.7 Å². The van der Waals surface area contributed by atoms with Crippen LogP contribution < -0.4 is 15.4 Å². The minimum Gasteiger partial charge on any atom is -0.484 e. The smallest absolute Gasteiger partial charge is 0.258 e. The summed E-state index contributed by atoms with van der Waals surface area (Å²) in [4.78, 5) is 36.1. The highest BCUT2D eigenvalue weighted by atomic mass is 35.5. The Morgan fingerprint density at radius 3 is 2.03 bits per heavy atom. The number of amides is 2. The summed E-state index contributed by atoms with van der Waals surface area (Å²) in [5, 5.41) is 4.78. The minimum atomic E-state index is -1.72. The summed E-state index contributed by atoms with van der Waals surface area (Å²) in [7, 11) is 0. The molecule has 3 rings (SSSR count). The highest BCUT2D eigenvalue weighted by Crippen LogP contribution is 2.19. The molecule has 3 aromatic carbocycles. The van der Waals surface area contributed by atoms with Gasteiger partial charge in [0, 0.05) is 16.1 Å². The van der Waals surface area contributed by atoms with E-state index in [1.807, 2.05) is 5.32 Å². The van der Waals surface area contributed by atoms with Gasteiger partial charge < -0.3 is 15.4 Å². The molecule has 0 aliphatic heterocycles. The average Bonchev–Trinajstić information content (AvgIpc) is 2.82. The van der Waals surface area contributed by atoms with Gasteiger partial charge in [0.15, 0.2) is 29.8 Å². The maximum atomic E-state index is 13.6. The van der Waals surface area contributed by atoms with Crippen LogP contribution in [-0.4, -0.2) is 30.7 Å². The normalized spacial score (nSPS) is 10.4. The molecule has 170 valence electrons. The molecule has 0 aliphatic carbocycles. The zero-order chi connectivity index (χ0) is 24.0. The Bertz CT molecular complexity index is 1190. The summed E-state index contributed by atoms with van der Waals surface area (Å²) in [6.07, 6.45) is 0. The second-order valence-electron chi connectivity index (χ2n) is 6.70. The first-order valence-electron chi connectivity index (χ1n) is 9.48. The number of ketones is 1. The number of ether oxygens (including phenoxy) is 1. The molecule has 0 aliphatic rings. The molecule has 0 saturated heterocycles. The quantitative estimate of drug-likeness (QED) is 0.378. The highest BCUT2D eigenvalue weighted by molar-refractivity contribution is 6.30. The number of hydrogen-bond donors (Lipinski definition) is 2. The average molecular weight is 477 g/mol. The number of anilines is 1. The van der Waals surface area contributed by atoms with Gasteiger partial charge in [0.25, 0.3) is 5.91 Å². The van der Waals surface area contributed by atoms with Crippen molar-refractivity contribution in [3.8, 4) is 5.75 Å². The van der Waals surface area contributed by atoms with Crippen LogP contribution in [0.2, 0.25) is 5.02 Å². The third-order valence-corrected chi connectivity index (χ3v) is 4.60. The summed E-state index contributed by atoms with van der Waals surface area (Å²) in [5.41, 5.74) is 0.321. The van der Waals surface area contributed by atoms with E-state index in [4.69, 9.17) is 16.3 Å². The fourth-order valence-electron chi connectivity index (χ4n) is 2.67. The lowest BCUT2D eigenvalue weighted by atomic mass is 10.0. The lowest BCUT2D eigenvalue weighted by Gasteiger charge is -2.10. The summed E-state index contributed by atoms with van der Waals surface area (Å²) >= 11 is 5.81. The molecular formula is C23H16ClF3N2O4. The van der Waals surface area contributed by atoms with Gasteiger partial charge in [-0.25, -0.2) is 13.2 Å². The van der Waals surface area contributed by atoms with Gasteiger partial charge >= 0.3 is 0 Å². The van der Waals surface area contributed by atoms with E-state index in [-0.39, 0.29) is 5.78 Å². The Balaban J connectivity index is 1.46. The Hall–Kier alpha value is -3.85. The van der Waals surface area contributed by atoms with Crippen molar-refractivity contribution in [1.29, 1.82) is 0 Å². The zero-order valence-corrected chi connectivity index (χ0v) is 17.6. The zero-order valence-electron chi connectivity index (χ0n) is 16.8. The van der Waals surface area contributed by atoms with Crippen molar-refractivity contribution in [2.45, 2.75) is 0 Å². The Morgan fingerprint density at radius 2 is 1.39 bits per heavy atom. The van der Waals surface area contributed by atoms with E-state index in [0.29, 0.717) is 28.0 Å². The molecule has 0 saturated carbocycles. The van der Waals surface area contributed by atoms with Gasteiger partial charge in [0.05, 0.1) is 12.2 Å². The largest absolute Gasteiger partial charge is 0.484 e. The van der Waals surface area contributed by atoms with E-state index in [2.05, 4.69) is 5.32 Å². The van der Waals surface area contributed by atoms with Gasteiger partial charge in [-0.3, -0.25) is 14.4 Å². The van der Waals surface area contributed by atoms with Crippen molar-refractivity contribution >= 4 is 34.9 Å². The first-order chi connectivity index (χ1) is 15.7. The van der Waals surface area contributed by atoms with E-state index >= 15 is 0 Å². The fraction of sp³-hybridized carbons (Fsp3) is 0.0870. The molecule has 3 aromatic rings. The topological polar surface area (TPSA) is 84.5 Å². The number of nitrogens with one attached hydrogen (secondary N) is 2. The lowest BCUT2D eigenvalue weighted by Crippen LogP contribution is -2.36. The van der Waals surface area contributed by atoms with Crippen LogP contribution >= 0.6 is 11.6 Å². The monoisotopic (exact) mass is 476 g/mol. The minimum absolute atomic E-state index is 0.209. The van der Waals surface area contributed by atoms with E-state index in [0.717, 1.165) is 6.07 Å². The first kappa shape index (κ1) is 23.8. The number of carbonyl (C=O) groups is 3. The molecule has 10 heteroatoms. The molecule has 0 aromatic heterocycles. The van der Waals surface area contributed by atoms with Crippen molar-refractivity contribution in [2.24, 2.45) is 0 Å². The van der Waals surface area contributed by atoms with Crippen molar-refractivity contribution in [3.05, 3.63) is 94.3 Å². The molecule has 0 radical (unpaired) electrons. The fourth-order valence-corrected chi connectivity index (χ4v) is 2.79. The molecule has 2 N–H and O–H groups in total. The molecule has 0 unspecified atom stereocenters. The summed E-state index contributed by atoms with van der Waals surface area (Å²) in [6.45, 7) is -0.980. The van der Waals surface area contributed by atoms with Crippen LogP contribution in [0.3, 0.4) is 0 Å². The Labute approximate surface area is 191 Å². The van der Waals surface area contributed by atoms with E-state index in [1.54, 1.807) is 24.3 Å². The number of hydrogen-bond acceptors (Lipinski definition) is 4. The molecular weight excluding hydrogens is 461 g/mol. The summed E-state index contributed by atoms with van der Waals surface area (Å²) < 4.78 is 44.9. The van der Waals surface area contributed by atoms with Gasteiger partial charge in [-0.15, -0.1) is 0 Å². The van der Waals surface area contributed by atoms with Crippen molar-refractivity contribution < 1.29 is 32.3 Å². The van der Waals surface area contributed by atoms with Gasteiger partial charge in [0.1, 0.15) is 5.75 Å². The first-order valence-corrected chi connectivity index (χ1v) is 9.85. The van der Waals surface area contributed by atoms with Gasteiger partial charge in [-0.1, -0.05) is 11.6 Å². The maximum Gasteiger partial charge on any atom is 0.258 e. The lowest BCUT2D eigenvalue weighted by molar-refractivity contribution is -0.125. The molecule has 6 nitrogen and oxygen atoms in total. The number of carbonyl (C=O) groups excluding carboxylic acids is 3. The Morgan fingerprint density at radius 1 is 0.788 bits per heavy atom. The molecule has 0 bridgehead atoms. The second kappa shape index (κ2) is 10.6. The molecule has 0 spiro atoms. The molecule has 2 amide bonds. The van der Waals surface area contributed by atoms with E-state index < -0.39 is 48.1 Å². The van der Waals surface area contributed by atoms with Gasteiger partial charge in [-0.2, -0.15) is 0 Å². The van der Waals surface area contributed by atoms with Crippen molar-refractivity contribution in [2.75, 3.05) is 18.5 Å². The number of benzene rings is 3. The van der Waals surface area contributed by atoms with Crippen LogP contribution in [0.5, 0.6) is 5.75 Å². The predicted octanol–water partition coefficient (Wildman–Crippen LogP) is 4.12. The Kier molecular flexibility index (Phi) is 7.68.